The molecule has 4 aromatic rings. The van der Waals surface area contributed by atoms with Gasteiger partial charge in [-0.1, -0.05) is 35.1 Å². The number of ketones is 1. The van der Waals surface area contributed by atoms with E-state index in [9.17, 15) is 14.7 Å². The first kappa shape index (κ1) is 23.8. The molecule has 0 spiro atoms. The molecule has 3 heterocycles. The Kier molecular flexibility index (Phi) is 6.11. The van der Waals surface area contributed by atoms with Crippen LogP contribution < -0.4 is 14.4 Å². The van der Waals surface area contributed by atoms with Gasteiger partial charge in [-0.25, -0.2) is 4.98 Å². The van der Waals surface area contributed by atoms with Crippen molar-refractivity contribution in [2.75, 3.05) is 19.1 Å². The second-order valence-electron chi connectivity index (χ2n) is 8.06. The molecule has 0 bridgehead atoms. The van der Waals surface area contributed by atoms with E-state index in [1.807, 2.05) is 13.0 Å². The number of hydrogen-bond acceptors (Lipinski definition) is 8. The fraction of sp³-hybridized carbons (Fsp3) is 0.154. The summed E-state index contributed by atoms with van der Waals surface area (Å²) in [5.74, 6) is -1.52. The summed E-state index contributed by atoms with van der Waals surface area (Å²) in [6.45, 7) is 1.88. The minimum atomic E-state index is -0.981. The molecule has 1 fully saturated rings. The molecule has 1 atom stereocenters. The van der Waals surface area contributed by atoms with Gasteiger partial charge in [-0.3, -0.25) is 19.5 Å². The van der Waals surface area contributed by atoms with E-state index in [2.05, 4.69) is 9.97 Å². The smallest absolute Gasteiger partial charge is 0.301 e. The number of anilines is 1. The zero-order valence-electron chi connectivity index (χ0n) is 19.5. The summed E-state index contributed by atoms with van der Waals surface area (Å²) in [6.07, 6.45) is 3.13. The predicted octanol–water partition coefficient (Wildman–Crippen LogP) is 5.30. The molecular formula is C26H20ClN3O5S. The highest BCUT2D eigenvalue weighted by Crippen LogP contribution is 2.46. The SMILES string of the molecule is COc1cccc(OC)c1/C(O)=C1\C(=O)C(=O)N(c2nc3cc(Cl)c(C)cc3s2)C1c1cccnc1. The number of amides is 1. The van der Waals surface area contributed by atoms with E-state index in [4.69, 9.17) is 21.1 Å². The fourth-order valence-electron chi connectivity index (χ4n) is 4.24. The molecule has 0 saturated carbocycles. The van der Waals surface area contributed by atoms with E-state index in [1.165, 1.54) is 30.5 Å². The van der Waals surface area contributed by atoms with Gasteiger partial charge >= 0.3 is 5.91 Å². The lowest BCUT2D eigenvalue weighted by atomic mass is 9.95. The van der Waals surface area contributed by atoms with Crippen LogP contribution in [0.25, 0.3) is 16.0 Å². The highest BCUT2D eigenvalue weighted by Gasteiger charge is 2.48. The number of pyridine rings is 1. The lowest BCUT2D eigenvalue weighted by Gasteiger charge is -2.23. The number of ether oxygens (including phenoxy) is 2. The number of thiazole rings is 1. The number of rotatable bonds is 5. The van der Waals surface area contributed by atoms with Crippen molar-refractivity contribution in [3.05, 3.63) is 82.1 Å². The molecule has 1 aliphatic rings. The molecule has 36 heavy (non-hydrogen) atoms. The maximum atomic E-state index is 13.5. The van der Waals surface area contributed by atoms with Crippen molar-refractivity contribution < 1.29 is 24.2 Å². The number of methoxy groups -OCH3 is 2. The average molecular weight is 522 g/mol. The van der Waals surface area contributed by atoms with Crippen LogP contribution in [0.5, 0.6) is 11.5 Å². The lowest BCUT2D eigenvalue weighted by molar-refractivity contribution is -0.132. The molecule has 1 unspecified atom stereocenters. The molecule has 2 aromatic heterocycles. The van der Waals surface area contributed by atoms with Gasteiger partial charge in [0.2, 0.25) is 0 Å². The van der Waals surface area contributed by atoms with Crippen LogP contribution >= 0.6 is 22.9 Å². The average Bonchev–Trinajstić information content (AvgIpc) is 3.41. The van der Waals surface area contributed by atoms with Gasteiger partial charge in [-0.15, -0.1) is 0 Å². The van der Waals surface area contributed by atoms with Gasteiger partial charge in [0.25, 0.3) is 5.78 Å². The first-order valence-electron chi connectivity index (χ1n) is 10.8. The molecule has 1 aliphatic heterocycles. The molecule has 0 radical (unpaired) electrons. The summed E-state index contributed by atoms with van der Waals surface area (Å²) in [5.41, 5.74) is 2.04. The highest BCUT2D eigenvalue weighted by atomic mass is 35.5. The lowest BCUT2D eigenvalue weighted by Crippen LogP contribution is -2.29. The van der Waals surface area contributed by atoms with Crippen molar-refractivity contribution in [3.63, 3.8) is 0 Å². The number of nitrogens with zero attached hydrogens (tertiary/aromatic N) is 3. The standard InChI is InChI=1S/C26H20ClN3O5S/c1-13-10-19-16(11-15(13)27)29-26(36-19)30-22(14-6-5-9-28-12-14)21(24(32)25(30)33)23(31)20-17(34-2)7-4-8-18(20)35-3/h4-12,22,31H,1-3H3/b23-21+. The van der Waals surface area contributed by atoms with Crippen LogP contribution in [0.15, 0.2) is 60.4 Å². The number of Topliss-reactive ketones (excluding diaryl/α,β-unsaturated/α-hetero) is 1. The molecule has 2 aromatic carbocycles. The van der Waals surface area contributed by atoms with Gasteiger partial charge in [0.15, 0.2) is 5.13 Å². The van der Waals surface area contributed by atoms with Crippen LogP contribution in [0, 0.1) is 6.92 Å². The number of aliphatic hydroxyl groups excluding tert-OH is 1. The summed E-state index contributed by atoms with van der Waals surface area (Å²) >= 11 is 7.54. The number of aryl methyl sites for hydroxylation is 1. The molecule has 1 N–H and O–H groups in total. The zero-order valence-corrected chi connectivity index (χ0v) is 21.1. The number of fused-ring (bicyclic) bond motifs is 1. The Balaban J connectivity index is 1.77. The van der Waals surface area contributed by atoms with E-state index >= 15 is 0 Å². The normalized spacial score (nSPS) is 17.1. The molecule has 1 amide bonds. The summed E-state index contributed by atoms with van der Waals surface area (Å²) in [4.78, 5) is 37.0. The second-order valence-corrected chi connectivity index (χ2v) is 9.47. The molecule has 10 heteroatoms. The van der Waals surface area contributed by atoms with Crippen molar-refractivity contribution >= 4 is 55.7 Å². The molecule has 1 saturated heterocycles. The summed E-state index contributed by atoms with van der Waals surface area (Å²) in [5, 5.41) is 12.4. The third-order valence-electron chi connectivity index (χ3n) is 5.97. The van der Waals surface area contributed by atoms with Crippen LogP contribution in [0.4, 0.5) is 5.13 Å². The van der Waals surface area contributed by atoms with E-state index in [0.717, 1.165) is 10.3 Å². The quantitative estimate of drug-likeness (QED) is 0.216. The third-order valence-corrected chi connectivity index (χ3v) is 7.40. The molecule has 182 valence electrons. The molecule has 5 rings (SSSR count). The van der Waals surface area contributed by atoms with Gasteiger partial charge in [-0.2, -0.15) is 0 Å². The molecular weight excluding hydrogens is 502 g/mol. The number of aliphatic hydroxyl groups is 1. The Morgan fingerprint density at radius 2 is 1.83 bits per heavy atom. The molecule has 0 aliphatic carbocycles. The van der Waals surface area contributed by atoms with E-state index in [1.54, 1.807) is 48.8 Å². The number of halogens is 1. The second kappa shape index (κ2) is 9.25. The Morgan fingerprint density at radius 3 is 2.47 bits per heavy atom. The van der Waals surface area contributed by atoms with Crippen molar-refractivity contribution in [1.82, 2.24) is 9.97 Å². The van der Waals surface area contributed by atoms with Crippen LogP contribution in [0.1, 0.15) is 22.7 Å². The van der Waals surface area contributed by atoms with E-state index < -0.39 is 23.5 Å². The van der Waals surface area contributed by atoms with E-state index in [0.29, 0.717) is 21.2 Å². The number of carbonyl (C=O) groups is 2. The summed E-state index contributed by atoms with van der Waals surface area (Å²) in [7, 11) is 2.88. The van der Waals surface area contributed by atoms with Crippen molar-refractivity contribution in [3.8, 4) is 11.5 Å². The topological polar surface area (TPSA) is 102 Å². The monoisotopic (exact) mass is 521 g/mol. The van der Waals surface area contributed by atoms with Crippen molar-refractivity contribution in [2.45, 2.75) is 13.0 Å². The summed E-state index contributed by atoms with van der Waals surface area (Å²) in [6, 6.07) is 11.0. The zero-order chi connectivity index (χ0) is 25.6. The van der Waals surface area contributed by atoms with Crippen LogP contribution in [-0.4, -0.2) is 41.0 Å². The number of aromatic nitrogens is 2. The van der Waals surface area contributed by atoms with Gasteiger partial charge in [-0.05, 0) is 48.4 Å². The Hall–Kier alpha value is -3.95. The Labute approximate surface area is 215 Å². The minimum Gasteiger partial charge on any atom is -0.506 e. The Bertz CT molecular complexity index is 1490. The number of hydrogen-bond donors (Lipinski definition) is 1. The molecule has 8 nitrogen and oxygen atoms in total. The van der Waals surface area contributed by atoms with Gasteiger partial charge < -0.3 is 14.6 Å². The van der Waals surface area contributed by atoms with Crippen LogP contribution in [0.3, 0.4) is 0 Å². The van der Waals surface area contributed by atoms with E-state index in [-0.39, 0.29) is 22.6 Å². The van der Waals surface area contributed by atoms with Crippen LogP contribution in [-0.2, 0) is 9.59 Å². The minimum absolute atomic E-state index is 0.121. The first-order chi connectivity index (χ1) is 17.3. The maximum absolute atomic E-state index is 13.5. The summed E-state index contributed by atoms with van der Waals surface area (Å²) < 4.78 is 11.7. The third kappa shape index (κ3) is 3.77. The van der Waals surface area contributed by atoms with Gasteiger partial charge in [0.05, 0.1) is 36.1 Å². The first-order valence-corrected chi connectivity index (χ1v) is 12.0. The maximum Gasteiger partial charge on any atom is 0.301 e. The highest BCUT2D eigenvalue weighted by molar-refractivity contribution is 7.22. The van der Waals surface area contributed by atoms with Crippen molar-refractivity contribution in [2.24, 2.45) is 0 Å². The number of benzene rings is 2. The van der Waals surface area contributed by atoms with Crippen LogP contribution in [0.2, 0.25) is 5.02 Å². The van der Waals surface area contributed by atoms with Gasteiger partial charge in [0, 0.05) is 17.4 Å². The Morgan fingerprint density at radius 1 is 1.11 bits per heavy atom. The number of carbonyl (C=O) groups excluding carboxylic acids is 2. The largest absolute Gasteiger partial charge is 0.506 e. The van der Waals surface area contributed by atoms with Gasteiger partial charge in [0.1, 0.15) is 22.8 Å². The van der Waals surface area contributed by atoms with Crippen molar-refractivity contribution in [1.29, 1.82) is 0 Å². The fourth-order valence-corrected chi connectivity index (χ4v) is 5.47. The predicted molar refractivity (Wildman–Crippen MR) is 138 cm³/mol.